The van der Waals surface area contributed by atoms with E-state index in [9.17, 15) is 4.79 Å². The third kappa shape index (κ3) is 2.87. The van der Waals surface area contributed by atoms with Crippen molar-refractivity contribution in [2.24, 2.45) is 0 Å². The van der Waals surface area contributed by atoms with Crippen LogP contribution in [0.4, 0.5) is 0 Å². The van der Waals surface area contributed by atoms with Gasteiger partial charge in [0.25, 0.3) is 0 Å². The zero-order valence-electron chi connectivity index (χ0n) is 9.21. The highest BCUT2D eigenvalue weighted by Crippen LogP contribution is 2.25. The van der Waals surface area contributed by atoms with Crippen LogP contribution >= 0.6 is 23.1 Å². The molecule has 0 aliphatic carbocycles. The summed E-state index contributed by atoms with van der Waals surface area (Å²) < 4.78 is 0. The second-order valence-corrected chi connectivity index (χ2v) is 5.20. The maximum absolute atomic E-state index is 10.8. The molecule has 1 heterocycles. The highest BCUT2D eigenvalue weighted by Gasteiger charge is 2.10. The van der Waals surface area contributed by atoms with E-state index in [-0.39, 0.29) is 5.69 Å². The molecule has 0 fully saturated rings. The standard InChI is InChI=1S/C12H11NO2S2/c1-16-6-8-3-2-4-9(5-8)11-13-10(7-17-11)12(14)15/h2-5,7H,6H2,1H3,(H,14,15). The lowest BCUT2D eigenvalue weighted by atomic mass is 10.1. The van der Waals surface area contributed by atoms with Gasteiger partial charge in [-0.2, -0.15) is 11.8 Å². The van der Waals surface area contributed by atoms with Gasteiger partial charge in [-0.3, -0.25) is 0 Å². The molecule has 1 aromatic carbocycles. The largest absolute Gasteiger partial charge is 0.476 e. The van der Waals surface area contributed by atoms with Crippen LogP contribution in [0.15, 0.2) is 29.6 Å². The van der Waals surface area contributed by atoms with E-state index >= 15 is 0 Å². The van der Waals surface area contributed by atoms with Crippen molar-refractivity contribution in [3.05, 3.63) is 40.9 Å². The molecule has 88 valence electrons. The topological polar surface area (TPSA) is 50.2 Å². The summed E-state index contributed by atoms with van der Waals surface area (Å²) in [4.78, 5) is 14.8. The van der Waals surface area contributed by atoms with Gasteiger partial charge in [0, 0.05) is 16.7 Å². The molecule has 3 nitrogen and oxygen atoms in total. The summed E-state index contributed by atoms with van der Waals surface area (Å²) in [5.74, 6) is -0.0295. The number of aromatic carboxylic acids is 1. The predicted molar refractivity (Wildman–Crippen MR) is 71.7 cm³/mol. The van der Waals surface area contributed by atoms with Gasteiger partial charge in [0.1, 0.15) is 5.01 Å². The Kier molecular flexibility index (Phi) is 3.81. The first-order chi connectivity index (χ1) is 8.20. The summed E-state index contributed by atoms with van der Waals surface area (Å²) in [6.45, 7) is 0. The molecule has 2 aromatic rings. The number of hydrogen-bond donors (Lipinski definition) is 1. The van der Waals surface area contributed by atoms with Crippen LogP contribution in [0.2, 0.25) is 0 Å². The van der Waals surface area contributed by atoms with Gasteiger partial charge < -0.3 is 5.11 Å². The van der Waals surface area contributed by atoms with Crippen LogP contribution in [0.1, 0.15) is 16.1 Å². The molecule has 2 rings (SSSR count). The molecule has 1 N–H and O–H groups in total. The Morgan fingerprint density at radius 2 is 2.35 bits per heavy atom. The number of hydrogen-bond acceptors (Lipinski definition) is 4. The molecular weight excluding hydrogens is 254 g/mol. The molecule has 0 bridgehead atoms. The van der Waals surface area contributed by atoms with Crippen molar-refractivity contribution in [3.63, 3.8) is 0 Å². The molecule has 0 unspecified atom stereocenters. The predicted octanol–water partition coefficient (Wildman–Crippen LogP) is 3.37. The maximum atomic E-state index is 10.8. The second-order valence-electron chi connectivity index (χ2n) is 3.48. The molecule has 0 radical (unpaired) electrons. The zero-order valence-corrected chi connectivity index (χ0v) is 10.8. The van der Waals surface area contributed by atoms with Crippen LogP contribution < -0.4 is 0 Å². The molecular formula is C12H11NO2S2. The number of carbonyl (C=O) groups is 1. The van der Waals surface area contributed by atoms with Crippen LogP contribution in [0.3, 0.4) is 0 Å². The number of aromatic nitrogens is 1. The lowest BCUT2D eigenvalue weighted by Crippen LogP contribution is -1.95. The Morgan fingerprint density at radius 1 is 1.53 bits per heavy atom. The van der Waals surface area contributed by atoms with Crippen molar-refractivity contribution in [2.45, 2.75) is 5.75 Å². The van der Waals surface area contributed by atoms with Gasteiger partial charge in [0.15, 0.2) is 5.69 Å². The maximum Gasteiger partial charge on any atom is 0.355 e. The van der Waals surface area contributed by atoms with Gasteiger partial charge in [-0.15, -0.1) is 11.3 Å². The number of benzene rings is 1. The van der Waals surface area contributed by atoms with Crippen LogP contribution in [0.25, 0.3) is 10.6 Å². The normalized spacial score (nSPS) is 10.4. The third-order valence-electron chi connectivity index (χ3n) is 2.21. The van der Waals surface area contributed by atoms with Crippen molar-refractivity contribution in [1.82, 2.24) is 4.98 Å². The van der Waals surface area contributed by atoms with Crippen LogP contribution in [-0.2, 0) is 5.75 Å². The smallest absolute Gasteiger partial charge is 0.355 e. The molecule has 17 heavy (non-hydrogen) atoms. The van der Waals surface area contributed by atoms with Crippen molar-refractivity contribution in [1.29, 1.82) is 0 Å². The van der Waals surface area contributed by atoms with Crippen LogP contribution in [-0.4, -0.2) is 22.3 Å². The summed E-state index contributed by atoms with van der Waals surface area (Å²) in [5.41, 5.74) is 2.32. The molecule has 0 spiro atoms. The third-order valence-corrected chi connectivity index (χ3v) is 3.72. The summed E-state index contributed by atoms with van der Waals surface area (Å²) in [5, 5.41) is 11.1. The quantitative estimate of drug-likeness (QED) is 0.920. The monoisotopic (exact) mass is 265 g/mol. The van der Waals surface area contributed by atoms with E-state index in [4.69, 9.17) is 5.11 Å². The molecule has 5 heteroatoms. The lowest BCUT2D eigenvalue weighted by molar-refractivity contribution is 0.0691. The average Bonchev–Trinajstić information content (AvgIpc) is 2.79. The van der Waals surface area contributed by atoms with E-state index in [0.717, 1.165) is 16.3 Å². The van der Waals surface area contributed by atoms with E-state index < -0.39 is 5.97 Å². The minimum absolute atomic E-state index is 0.111. The van der Waals surface area contributed by atoms with Gasteiger partial charge in [-0.05, 0) is 17.9 Å². The van der Waals surface area contributed by atoms with E-state index in [2.05, 4.69) is 23.4 Å². The van der Waals surface area contributed by atoms with Crippen molar-refractivity contribution >= 4 is 29.1 Å². The molecule has 1 aromatic heterocycles. The summed E-state index contributed by atoms with van der Waals surface area (Å²) in [6, 6.07) is 8.05. The fourth-order valence-electron chi connectivity index (χ4n) is 1.47. The SMILES string of the molecule is CSCc1cccc(-c2nc(C(=O)O)cs2)c1. The molecule has 0 atom stereocenters. The van der Waals surface area contributed by atoms with Gasteiger partial charge in [0.05, 0.1) is 0 Å². The Bertz CT molecular complexity index is 537. The number of nitrogens with zero attached hydrogens (tertiary/aromatic N) is 1. The van der Waals surface area contributed by atoms with Gasteiger partial charge >= 0.3 is 5.97 Å². The minimum atomic E-state index is -0.979. The average molecular weight is 265 g/mol. The highest BCUT2D eigenvalue weighted by molar-refractivity contribution is 7.97. The Labute approximate surface area is 108 Å². The lowest BCUT2D eigenvalue weighted by Gasteiger charge is -2.01. The van der Waals surface area contributed by atoms with Crippen LogP contribution in [0.5, 0.6) is 0 Å². The number of carboxylic acid groups (broad SMARTS) is 1. The first-order valence-corrected chi connectivity index (χ1v) is 7.25. The fraction of sp³-hybridized carbons (Fsp3) is 0.167. The molecule has 0 saturated heterocycles. The molecule has 0 aliphatic rings. The van der Waals surface area contributed by atoms with Crippen molar-refractivity contribution < 1.29 is 9.90 Å². The fourth-order valence-corrected chi connectivity index (χ4v) is 2.77. The second kappa shape index (κ2) is 5.33. The van der Waals surface area contributed by atoms with Gasteiger partial charge in [-0.1, -0.05) is 18.2 Å². The van der Waals surface area contributed by atoms with Gasteiger partial charge in [0.2, 0.25) is 0 Å². The van der Waals surface area contributed by atoms with E-state index in [1.165, 1.54) is 16.9 Å². The Hall–Kier alpha value is -1.33. The van der Waals surface area contributed by atoms with Crippen molar-refractivity contribution in [3.8, 4) is 10.6 Å². The van der Waals surface area contributed by atoms with E-state index in [0.29, 0.717) is 0 Å². The molecule has 0 aliphatic heterocycles. The van der Waals surface area contributed by atoms with Gasteiger partial charge in [-0.25, -0.2) is 9.78 Å². The number of thiazole rings is 1. The first kappa shape index (κ1) is 12.1. The zero-order chi connectivity index (χ0) is 12.3. The van der Waals surface area contributed by atoms with Crippen LogP contribution in [0, 0.1) is 0 Å². The summed E-state index contributed by atoms with van der Waals surface area (Å²) in [6.07, 6.45) is 2.05. The summed E-state index contributed by atoms with van der Waals surface area (Å²) in [7, 11) is 0. The molecule has 0 saturated carbocycles. The van der Waals surface area contributed by atoms with E-state index in [1.807, 2.05) is 12.1 Å². The molecule has 0 amide bonds. The summed E-state index contributed by atoms with van der Waals surface area (Å²) >= 11 is 3.12. The highest BCUT2D eigenvalue weighted by atomic mass is 32.2. The Balaban J connectivity index is 2.31. The first-order valence-electron chi connectivity index (χ1n) is 4.98. The number of thioether (sulfide) groups is 1. The number of carboxylic acids is 1. The minimum Gasteiger partial charge on any atom is -0.476 e. The Morgan fingerprint density at radius 3 is 3.00 bits per heavy atom. The number of rotatable bonds is 4. The van der Waals surface area contributed by atoms with E-state index in [1.54, 1.807) is 17.1 Å². The van der Waals surface area contributed by atoms with Crippen molar-refractivity contribution in [2.75, 3.05) is 6.26 Å².